The van der Waals surface area contributed by atoms with Gasteiger partial charge < -0.3 is 10.1 Å². The minimum atomic E-state index is -4.64. The average molecular weight is 396 g/mol. The standard InChI is InChI=1S/C18H15F3N2O5/c1-28-17(25)15(10-11-5-2-3-8-14(11)18(19,20)21)22-16(24)12-6-4-7-13(9-12)23(26)27/h2-9,15H,10H2,1H3,(H,22,24)/t15-/m0/s1. The molecule has 1 N–H and O–H groups in total. The lowest BCUT2D eigenvalue weighted by molar-refractivity contribution is -0.384. The van der Waals surface area contributed by atoms with E-state index < -0.39 is 41.0 Å². The number of amides is 1. The maximum absolute atomic E-state index is 13.2. The van der Waals surface area contributed by atoms with Crippen molar-refractivity contribution < 1.29 is 32.4 Å². The van der Waals surface area contributed by atoms with E-state index in [0.29, 0.717) is 0 Å². The number of halogens is 3. The van der Waals surface area contributed by atoms with Crippen LogP contribution in [0.4, 0.5) is 18.9 Å². The molecular formula is C18H15F3N2O5. The molecular weight excluding hydrogens is 381 g/mol. The maximum Gasteiger partial charge on any atom is 0.416 e. The Morgan fingerprint density at radius 2 is 1.86 bits per heavy atom. The van der Waals surface area contributed by atoms with Gasteiger partial charge in [0.1, 0.15) is 6.04 Å². The largest absolute Gasteiger partial charge is 0.467 e. The predicted octanol–water partition coefficient (Wildman–Crippen LogP) is 3.13. The fourth-order valence-corrected chi connectivity index (χ4v) is 2.53. The number of nitrogens with zero attached hydrogens (tertiary/aromatic N) is 1. The van der Waals surface area contributed by atoms with Crippen LogP contribution in [0, 0.1) is 10.1 Å². The highest BCUT2D eigenvalue weighted by Crippen LogP contribution is 2.32. The molecule has 1 atom stereocenters. The Labute approximate surface area is 157 Å². The number of nitro benzene ring substituents is 1. The molecule has 0 heterocycles. The van der Waals surface area contributed by atoms with Gasteiger partial charge in [0, 0.05) is 24.1 Å². The lowest BCUT2D eigenvalue weighted by Crippen LogP contribution is -2.43. The molecule has 0 aliphatic carbocycles. The molecule has 0 aliphatic heterocycles. The molecule has 2 aromatic carbocycles. The first-order valence-electron chi connectivity index (χ1n) is 7.91. The first-order chi connectivity index (χ1) is 13.1. The summed E-state index contributed by atoms with van der Waals surface area (Å²) in [6.07, 6.45) is -5.11. The van der Waals surface area contributed by atoms with Gasteiger partial charge in [-0.15, -0.1) is 0 Å². The number of benzene rings is 2. The molecule has 0 aromatic heterocycles. The van der Waals surface area contributed by atoms with Crippen molar-refractivity contribution in [2.75, 3.05) is 7.11 Å². The van der Waals surface area contributed by atoms with Gasteiger partial charge in [0.05, 0.1) is 17.6 Å². The minimum Gasteiger partial charge on any atom is -0.467 e. The van der Waals surface area contributed by atoms with Crippen LogP contribution in [0.25, 0.3) is 0 Å². The van der Waals surface area contributed by atoms with Gasteiger partial charge in [-0.3, -0.25) is 14.9 Å². The van der Waals surface area contributed by atoms with Crippen LogP contribution in [0.3, 0.4) is 0 Å². The Balaban J connectivity index is 2.29. The SMILES string of the molecule is COC(=O)[C@H](Cc1ccccc1C(F)(F)F)NC(=O)c1cccc([N+](=O)[O-])c1. The van der Waals surface area contributed by atoms with Crippen LogP contribution >= 0.6 is 0 Å². The highest BCUT2D eigenvalue weighted by molar-refractivity contribution is 5.97. The molecule has 0 saturated carbocycles. The molecule has 2 rings (SSSR count). The van der Waals surface area contributed by atoms with E-state index in [1.807, 2.05) is 0 Å². The summed E-state index contributed by atoms with van der Waals surface area (Å²) in [6.45, 7) is 0. The van der Waals surface area contributed by atoms with E-state index in [4.69, 9.17) is 0 Å². The van der Waals surface area contributed by atoms with Gasteiger partial charge in [-0.2, -0.15) is 13.2 Å². The van der Waals surface area contributed by atoms with Crippen molar-refractivity contribution in [3.8, 4) is 0 Å². The molecule has 7 nitrogen and oxygen atoms in total. The Morgan fingerprint density at radius 3 is 2.46 bits per heavy atom. The van der Waals surface area contributed by atoms with Gasteiger partial charge in [-0.1, -0.05) is 24.3 Å². The third-order valence-corrected chi connectivity index (χ3v) is 3.86. The van der Waals surface area contributed by atoms with Crippen LogP contribution in [-0.4, -0.2) is 30.0 Å². The number of hydrogen-bond acceptors (Lipinski definition) is 5. The van der Waals surface area contributed by atoms with Crippen molar-refractivity contribution >= 4 is 17.6 Å². The van der Waals surface area contributed by atoms with E-state index >= 15 is 0 Å². The number of rotatable bonds is 6. The second kappa shape index (κ2) is 8.51. The van der Waals surface area contributed by atoms with Crippen LogP contribution in [0.2, 0.25) is 0 Å². The highest BCUT2D eigenvalue weighted by atomic mass is 19.4. The lowest BCUT2D eigenvalue weighted by Gasteiger charge is -2.19. The molecule has 0 aliphatic rings. The van der Waals surface area contributed by atoms with Gasteiger partial charge in [-0.25, -0.2) is 4.79 Å². The summed E-state index contributed by atoms with van der Waals surface area (Å²) in [4.78, 5) is 34.5. The number of ether oxygens (including phenoxy) is 1. The highest BCUT2D eigenvalue weighted by Gasteiger charge is 2.34. The predicted molar refractivity (Wildman–Crippen MR) is 91.5 cm³/mol. The molecule has 0 unspecified atom stereocenters. The fraction of sp³-hybridized carbons (Fsp3) is 0.222. The third-order valence-electron chi connectivity index (χ3n) is 3.86. The van der Waals surface area contributed by atoms with E-state index in [2.05, 4.69) is 10.1 Å². The zero-order chi connectivity index (χ0) is 20.9. The number of nitrogens with one attached hydrogen (secondary N) is 1. The number of alkyl halides is 3. The Hall–Kier alpha value is -3.43. The van der Waals surface area contributed by atoms with E-state index in [1.54, 1.807) is 0 Å². The molecule has 0 radical (unpaired) electrons. The first kappa shape index (κ1) is 20.9. The number of esters is 1. The molecule has 10 heteroatoms. The van der Waals surface area contributed by atoms with Crippen LogP contribution in [0.15, 0.2) is 48.5 Å². The molecule has 0 saturated heterocycles. The summed E-state index contributed by atoms with van der Waals surface area (Å²) >= 11 is 0. The summed E-state index contributed by atoms with van der Waals surface area (Å²) in [6, 6.07) is 7.95. The van der Waals surface area contributed by atoms with Gasteiger partial charge in [-0.05, 0) is 17.7 Å². The van der Waals surface area contributed by atoms with Gasteiger partial charge in [0.2, 0.25) is 0 Å². The Bertz CT molecular complexity index is 899. The van der Waals surface area contributed by atoms with E-state index in [1.165, 1.54) is 36.4 Å². The zero-order valence-electron chi connectivity index (χ0n) is 14.5. The van der Waals surface area contributed by atoms with Crippen LogP contribution in [0.5, 0.6) is 0 Å². The Morgan fingerprint density at radius 1 is 1.18 bits per heavy atom. The molecule has 0 spiro atoms. The minimum absolute atomic E-state index is 0.118. The van der Waals surface area contributed by atoms with E-state index in [-0.39, 0.29) is 16.8 Å². The van der Waals surface area contributed by atoms with E-state index in [9.17, 15) is 32.9 Å². The molecule has 2 aromatic rings. The number of carbonyl (C=O) groups excluding carboxylic acids is 2. The fourth-order valence-electron chi connectivity index (χ4n) is 2.53. The van der Waals surface area contributed by atoms with Crippen LogP contribution in [0.1, 0.15) is 21.5 Å². The summed E-state index contributed by atoms with van der Waals surface area (Å²) in [7, 11) is 1.03. The molecule has 28 heavy (non-hydrogen) atoms. The Kier molecular flexibility index (Phi) is 6.34. The number of non-ortho nitro benzene ring substituents is 1. The maximum atomic E-state index is 13.2. The van der Waals surface area contributed by atoms with Crippen molar-refractivity contribution in [2.24, 2.45) is 0 Å². The molecule has 0 fully saturated rings. The normalized spacial score (nSPS) is 12.1. The second-order valence-electron chi connectivity index (χ2n) is 5.72. The molecule has 0 bridgehead atoms. The van der Waals surface area contributed by atoms with Crippen molar-refractivity contribution in [2.45, 2.75) is 18.6 Å². The van der Waals surface area contributed by atoms with Gasteiger partial charge >= 0.3 is 12.1 Å². The van der Waals surface area contributed by atoms with Crippen molar-refractivity contribution in [3.63, 3.8) is 0 Å². The number of carbonyl (C=O) groups is 2. The van der Waals surface area contributed by atoms with Gasteiger partial charge in [0.25, 0.3) is 11.6 Å². The topological polar surface area (TPSA) is 98.5 Å². The van der Waals surface area contributed by atoms with Crippen molar-refractivity contribution in [3.05, 3.63) is 75.3 Å². The smallest absolute Gasteiger partial charge is 0.416 e. The third kappa shape index (κ3) is 5.06. The first-order valence-corrected chi connectivity index (χ1v) is 7.91. The average Bonchev–Trinajstić information content (AvgIpc) is 2.66. The number of hydrogen-bond donors (Lipinski definition) is 1. The summed E-state index contributed by atoms with van der Waals surface area (Å²) in [5.41, 5.74) is -1.60. The van der Waals surface area contributed by atoms with Crippen LogP contribution < -0.4 is 5.32 Å². The monoisotopic (exact) mass is 396 g/mol. The number of methoxy groups -OCH3 is 1. The number of nitro groups is 1. The van der Waals surface area contributed by atoms with Gasteiger partial charge in [0.15, 0.2) is 0 Å². The summed E-state index contributed by atoms with van der Waals surface area (Å²) in [5, 5.41) is 13.1. The summed E-state index contributed by atoms with van der Waals surface area (Å²) < 4.78 is 44.1. The van der Waals surface area contributed by atoms with Crippen LogP contribution in [-0.2, 0) is 22.1 Å². The van der Waals surface area contributed by atoms with Crippen molar-refractivity contribution in [1.29, 1.82) is 0 Å². The summed E-state index contributed by atoms with van der Waals surface area (Å²) in [5.74, 6) is -1.81. The van der Waals surface area contributed by atoms with E-state index in [0.717, 1.165) is 19.2 Å². The zero-order valence-corrected chi connectivity index (χ0v) is 14.5. The lowest BCUT2D eigenvalue weighted by atomic mass is 9.99. The quantitative estimate of drug-likeness (QED) is 0.460. The molecule has 148 valence electrons. The molecule has 1 amide bonds. The van der Waals surface area contributed by atoms with Crippen molar-refractivity contribution in [1.82, 2.24) is 5.32 Å². The second-order valence-corrected chi connectivity index (χ2v) is 5.72.